The zero-order valence-corrected chi connectivity index (χ0v) is 31.2. The van der Waals surface area contributed by atoms with Gasteiger partial charge >= 0.3 is 0 Å². The van der Waals surface area contributed by atoms with E-state index in [1.807, 2.05) is 24.3 Å². The van der Waals surface area contributed by atoms with Crippen molar-refractivity contribution in [2.24, 2.45) is 0 Å². The van der Waals surface area contributed by atoms with Crippen LogP contribution in [-0.2, 0) is 0 Å². The Bertz CT molecular complexity index is 3550. The van der Waals surface area contributed by atoms with Crippen molar-refractivity contribution in [3.8, 4) is 51.0 Å². The van der Waals surface area contributed by atoms with E-state index in [0.29, 0.717) is 17.5 Å². The van der Waals surface area contributed by atoms with Crippen LogP contribution in [0, 0.1) is 0 Å². The molecule has 0 atom stereocenters. The second kappa shape index (κ2) is 12.8. The molecule has 0 saturated carbocycles. The Morgan fingerprint density at radius 3 is 1.69 bits per heavy atom. The number of hydrogen-bond acceptors (Lipinski definition) is 4. The molecule has 9 aromatic carbocycles. The SMILES string of the molecule is c1ccc(-c2ccc(-c3nc(-c4ccccc4)nc(-c4cc(-n5c6ccccc6c6ccc7ccccc7c65)cc5oc6cc7ccccc7cc6c45)n3)cc2)cc1. The molecular formula is C53H32N4O. The van der Waals surface area contributed by atoms with Crippen molar-refractivity contribution in [2.75, 3.05) is 0 Å². The Kier molecular flexibility index (Phi) is 7.16. The van der Waals surface area contributed by atoms with Gasteiger partial charge in [-0.3, -0.25) is 0 Å². The summed E-state index contributed by atoms with van der Waals surface area (Å²) in [4.78, 5) is 15.7. The van der Waals surface area contributed by atoms with Crippen molar-refractivity contribution in [2.45, 2.75) is 0 Å². The average molecular weight is 741 g/mol. The van der Waals surface area contributed by atoms with Crippen molar-refractivity contribution >= 4 is 65.3 Å². The third-order valence-corrected chi connectivity index (χ3v) is 11.4. The van der Waals surface area contributed by atoms with Crippen LogP contribution < -0.4 is 0 Å². The number of benzene rings is 9. The van der Waals surface area contributed by atoms with Crippen LogP contribution in [0.3, 0.4) is 0 Å². The predicted octanol–water partition coefficient (Wildman–Crippen LogP) is 13.8. The van der Waals surface area contributed by atoms with E-state index in [9.17, 15) is 0 Å². The van der Waals surface area contributed by atoms with Gasteiger partial charge < -0.3 is 8.98 Å². The van der Waals surface area contributed by atoms with Gasteiger partial charge in [0.1, 0.15) is 11.2 Å². The van der Waals surface area contributed by atoms with Gasteiger partial charge in [0.2, 0.25) is 0 Å². The number of nitrogens with zero attached hydrogens (tertiary/aromatic N) is 4. The van der Waals surface area contributed by atoms with Crippen LogP contribution in [0.4, 0.5) is 0 Å². The summed E-state index contributed by atoms with van der Waals surface area (Å²) in [7, 11) is 0. The van der Waals surface area contributed by atoms with Gasteiger partial charge in [-0.2, -0.15) is 0 Å². The second-order valence-corrected chi connectivity index (χ2v) is 14.8. The zero-order chi connectivity index (χ0) is 38.2. The fourth-order valence-corrected chi connectivity index (χ4v) is 8.66. The first-order chi connectivity index (χ1) is 28.7. The van der Waals surface area contributed by atoms with Crippen LogP contribution in [0.25, 0.3) is 116 Å². The summed E-state index contributed by atoms with van der Waals surface area (Å²) in [6.07, 6.45) is 0. The van der Waals surface area contributed by atoms with Crippen LogP contribution in [0.1, 0.15) is 0 Å². The number of furan rings is 1. The lowest BCUT2D eigenvalue weighted by atomic mass is 10.0. The molecule has 0 saturated heterocycles. The van der Waals surface area contributed by atoms with E-state index in [0.717, 1.165) is 77.2 Å². The molecule has 58 heavy (non-hydrogen) atoms. The average Bonchev–Trinajstić information content (AvgIpc) is 3.83. The smallest absolute Gasteiger partial charge is 0.164 e. The summed E-state index contributed by atoms with van der Waals surface area (Å²) >= 11 is 0. The van der Waals surface area contributed by atoms with E-state index < -0.39 is 0 Å². The zero-order valence-electron chi connectivity index (χ0n) is 31.2. The maximum Gasteiger partial charge on any atom is 0.164 e. The summed E-state index contributed by atoms with van der Waals surface area (Å²) in [5, 5.41) is 8.99. The summed E-state index contributed by atoms with van der Waals surface area (Å²) in [6, 6.07) is 68.0. The van der Waals surface area contributed by atoms with Gasteiger partial charge in [-0.1, -0.05) is 164 Å². The normalized spacial score (nSPS) is 11.8. The summed E-state index contributed by atoms with van der Waals surface area (Å²) in [5.74, 6) is 1.78. The summed E-state index contributed by atoms with van der Waals surface area (Å²) in [6.45, 7) is 0. The monoisotopic (exact) mass is 740 g/mol. The van der Waals surface area contributed by atoms with E-state index in [4.69, 9.17) is 19.4 Å². The van der Waals surface area contributed by atoms with Crippen molar-refractivity contribution in [3.63, 3.8) is 0 Å². The van der Waals surface area contributed by atoms with Crippen molar-refractivity contribution in [1.82, 2.24) is 19.5 Å². The molecule has 3 heterocycles. The highest BCUT2D eigenvalue weighted by Crippen LogP contribution is 2.43. The van der Waals surface area contributed by atoms with Crippen LogP contribution >= 0.6 is 0 Å². The minimum absolute atomic E-state index is 0.573. The van der Waals surface area contributed by atoms with Gasteiger partial charge in [0, 0.05) is 49.7 Å². The molecular weight excluding hydrogens is 709 g/mol. The highest BCUT2D eigenvalue weighted by atomic mass is 16.3. The largest absolute Gasteiger partial charge is 0.456 e. The molecule has 0 aliphatic carbocycles. The highest BCUT2D eigenvalue weighted by Gasteiger charge is 2.22. The molecule has 0 radical (unpaired) electrons. The van der Waals surface area contributed by atoms with Crippen LogP contribution in [-0.4, -0.2) is 19.5 Å². The van der Waals surface area contributed by atoms with Crippen LogP contribution in [0.5, 0.6) is 0 Å². The number of rotatable bonds is 5. The molecule has 5 nitrogen and oxygen atoms in total. The first kappa shape index (κ1) is 32.4. The third-order valence-electron chi connectivity index (χ3n) is 11.4. The molecule has 270 valence electrons. The van der Waals surface area contributed by atoms with Gasteiger partial charge in [0.25, 0.3) is 0 Å². The second-order valence-electron chi connectivity index (χ2n) is 14.8. The van der Waals surface area contributed by atoms with E-state index in [1.165, 1.54) is 21.5 Å². The molecule has 0 amide bonds. The van der Waals surface area contributed by atoms with Crippen molar-refractivity contribution < 1.29 is 4.42 Å². The molecule has 12 aromatic rings. The van der Waals surface area contributed by atoms with Crippen LogP contribution in [0.2, 0.25) is 0 Å². The number of hydrogen-bond donors (Lipinski definition) is 0. The molecule has 0 N–H and O–H groups in total. The first-order valence-electron chi connectivity index (χ1n) is 19.5. The van der Waals surface area contributed by atoms with E-state index in [2.05, 4.69) is 174 Å². The minimum Gasteiger partial charge on any atom is -0.456 e. The molecule has 0 spiro atoms. The Morgan fingerprint density at radius 2 is 0.931 bits per heavy atom. The quantitative estimate of drug-likeness (QED) is 0.176. The maximum atomic E-state index is 6.87. The van der Waals surface area contributed by atoms with Crippen LogP contribution in [0.15, 0.2) is 199 Å². The Morgan fingerprint density at radius 1 is 0.362 bits per heavy atom. The Labute approximate surface area is 333 Å². The van der Waals surface area contributed by atoms with E-state index in [1.54, 1.807) is 0 Å². The third kappa shape index (κ3) is 5.14. The lowest BCUT2D eigenvalue weighted by molar-refractivity contribution is 0.669. The highest BCUT2D eigenvalue weighted by molar-refractivity contribution is 6.20. The fourth-order valence-electron chi connectivity index (χ4n) is 8.66. The van der Waals surface area contributed by atoms with Gasteiger partial charge in [-0.15, -0.1) is 0 Å². The first-order valence-corrected chi connectivity index (χ1v) is 19.5. The molecule has 0 fully saturated rings. The molecule has 0 unspecified atom stereocenters. The summed E-state index contributed by atoms with van der Waals surface area (Å²) in [5.41, 5.74) is 9.78. The number of para-hydroxylation sites is 1. The van der Waals surface area contributed by atoms with Gasteiger partial charge in [-0.05, 0) is 51.6 Å². The minimum atomic E-state index is 0.573. The molecule has 3 aromatic heterocycles. The van der Waals surface area contributed by atoms with Gasteiger partial charge in [-0.25, -0.2) is 15.0 Å². The summed E-state index contributed by atoms with van der Waals surface area (Å²) < 4.78 is 9.25. The number of aromatic nitrogens is 4. The number of fused-ring (bicyclic) bond motifs is 9. The molecule has 5 heteroatoms. The molecule has 0 aliphatic heterocycles. The van der Waals surface area contributed by atoms with E-state index in [-0.39, 0.29) is 0 Å². The topological polar surface area (TPSA) is 56.7 Å². The van der Waals surface area contributed by atoms with E-state index >= 15 is 0 Å². The maximum absolute atomic E-state index is 6.87. The molecule has 0 aliphatic rings. The molecule has 0 bridgehead atoms. The molecule has 12 rings (SSSR count). The van der Waals surface area contributed by atoms with Gasteiger partial charge in [0.05, 0.1) is 16.7 Å². The Hall–Kier alpha value is -7.89. The van der Waals surface area contributed by atoms with Gasteiger partial charge in [0.15, 0.2) is 17.5 Å². The van der Waals surface area contributed by atoms with Crippen molar-refractivity contribution in [1.29, 1.82) is 0 Å². The standard InChI is InChI=1S/C53H32N4O/c1-3-13-33(14-4-1)34-23-25-37(26-24-34)52-54-51(36-16-5-2-6-17-36)55-53(56-52)45-31-40(32-48-49(45)44-29-38-18-7-8-19-39(38)30-47(44)58-48)57-46-22-12-11-21-42(46)43-28-27-35-15-9-10-20-41(35)50(43)57/h1-32H. The lowest BCUT2D eigenvalue weighted by Crippen LogP contribution is -2.02. The Balaban J connectivity index is 1.17. The fraction of sp³-hybridized carbons (Fsp3) is 0. The lowest BCUT2D eigenvalue weighted by Gasteiger charge is -2.14. The predicted molar refractivity (Wildman–Crippen MR) is 238 cm³/mol. The van der Waals surface area contributed by atoms with Crippen molar-refractivity contribution in [3.05, 3.63) is 194 Å².